The Hall–Kier alpha value is -0.0400. The van der Waals surface area contributed by atoms with Gasteiger partial charge in [0, 0.05) is 3.57 Å². The van der Waals surface area contributed by atoms with Crippen molar-refractivity contribution in [3.8, 4) is 0 Å². The fourth-order valence-electron chi connectivity index (χ4n) is 1.80. The average Bonchev–Trinajstić information content (AvgIpc) is 2.39. The van der Waals surface area contributed by atoms with Crippen LogP contribution in [-0.2, 0) is 0 Å². The maximum Gasteiger partial charge on any atom is 0.0725 e. The van der Waals surface area contributed by atoms with Gasteiger partial charge in [-0.2, -0.15) is 0 Å². The van der Waals surface area contributed by atoms with E-state index in [9.17, 15) is 0 Å². The Balaban J connectivity index is 2.50. The highest BCUT2D eigenvalue weighted by molar-refractivity contribution is 14.1. The van der Waals surface area contributed by atoms with Crippen molar-refractivity contribution >= 4 is 57.4 Å². The van der Waals surface area contributed by atoms with Gasteiger partial charge in [-0.25, -0.2) is 5.43 Å². The quantitative estimate of drug-likeness (QED) is 0.419. The summed E-state index contributed by atoms with van der Waals surface area (Å²) < 4.78 is 0.982. The zero-order chi connectivity index (χ0) is 14.0. The van der Waals surface area contributed by atoms with Crippen molar-refractivity contribution in [1.82, 2.24) is 5.43 Å². The molecule has 0 aliphatic carbocycles. The van der Waals surface area contributed by atoms with E-state index in [1.807, 2.05) is 30.3 Å². The predicted molar refractivity (Wildman–Crippen MR) is 89.8 cm³/mol. The fraction of sp³-hybridized carbons (Fsp3) is 0.0769. The zero-order valence-corrected chi connectivity index (χ0v) is 14.1. The average molecular weight is 428 g/mol. The van der Waals surface area contributed by atoms with E-state index >= 15 is 0 Å². The summed E-state index contributed by atoms with van der Waals surface area (Å²) in [5.41, 5.74) is 4.49. The summed E-state index contributed by atoms with van der Waals surface area (Å²) in [5.74, 6) is 5.65. The van der Waals surface area contributed by atoms with Gasteiger partial charge in [-0.1, -0.05) is 53.0 Å². The molecule has 0 heterocycles. The molecule has 1 unspecified atom stereocenters. The lowest BCUT2D eigenvalue weighted by molar-refractivity contribution is 0.637. The number of nitrogens with one attached hydrogen (secondary N) is 1. The van der Waals surface area contributed by atoms with Gasteiger partial charge in [-0.05, 0) is 51.9 Å². The molecule has 6 heteroatoms. The highest BCUT2D eigenvalue weighted by atomic mass is 127. The Bertz CT molecular complexity index is 604. The number of hydrogen-bond donors (Lipinski definition) is 2. The van der Waals surface area contributed by atoms with Crippen molar-refractivity contribution in [3.63, 3.8) is 0 Å². The van der Waals surface area contributed by atoms with Crippen molar-refractivity contribution in [2.75, 3.05) is 0 Å². The van der Waals surface area contributed by atoms with Crippen molar-refractivity contribution < 1.29 is 0 Å². The van der Waals surface area contributed by atoms with Crippen LogP contribution in [0.25, 0.3) is 0 Å². The normalized spacial score (nSPS) is 12.5. The van der Waals surface area contributed by atoms with Gasteiger partial charge in [-0.3, -0.25) is 5.84 Å². The number of hydrogen-bond acceptors (Lipinski definition) is 2. The molecule has 0 aromatic heterocycles. The van der Waals surface area contributed by atoms with Gasteiger partial charge in [0.1, 0.15) is 0 Å². The van der Waals surface area contributed by atoms with Crippen LogP contribution in [-0.4, -0.2) is 0 Å². The molecule has 0 bridgehead atoms. The van der Waals surface area contributed by atoms with Gasteiger partial charge >= 0.3 is 0 Å². The number of benzene rings is 2. The van der Waals surface area contributed by atoms with E-state index in [2.05, 4.69) is 28.0 Å². The first-order valence-electron chi connectivity index (χ1n) is 5.39. The molecule has 2 nitrogen and oxygen atoms in total. The van der Waals surface area contributed by atoms with Crippen LogP contribution < -0.4 is 11.3 Å². The molecule has 1 atom stereocenters. The summed E-state index contributed by atoms with van der Waals surface area (Å²) >= 11 is 20.6. The predicted octanol–water partition coefficient (Wildman–Crippen LogP) is 4.80. The lowest BCUT2D eigenvalue weighted by Crippen LogP contribution is -2.29. The van der Waals surface area contributed by atoms with Gasteiger partial charge < -0.3 is 0 Å². The Morgan fingerprint density at radius 2 is 1.79 bits per heavy atom. The summed E-state index contributed by atoms with van der Waals surface area (Å²) in [6.45, 7) is 0. The van der Waals surface area contributed by atoms with Crippen molar-refractivity contribution in [3.05, 3.63) is 66.2 Å². The number of rotatable bonds is 3. The molecule has 0 aliphatic rings. The molecule has 0 saturated carbocycles. The minimum absolute atomic E-state index is 0.263. The molecule has 0 saturated heterocycles. The van der Waals surface area contributed by atoms with E-state index in [0.29, 0.717) is 15.1 Å². The number of nitrogens with two attached hydrogens (primary N) is 1. The van der Waals surface area contributed by atoms with Crippen molar-refractivity contribution in [1.29, 1.82) is 0 Å². The standard InChI is InChI=1S/C13H10Cl3IN2/c14-9-3-1-2-8(12(9)16)13(19-18)7-4-5-11(17)10(15)6-7/h1-6,13,19H,18H2. The first-order valence-corrected chi connectivity index (χ1v) is 7.61. The molecular weight excluding hydrogens is 417 g/mol. The highest BCUT2D eigenvalue weighted by Crippen LogP contribution is 2.34. The SMILES string of the molecule is NNC(c1ccc(I)c(Cl)c1)c1cccc(Cl)c1Cl. The maximum atomic E-state index is 6.23. The summed E-state index contributed by atoms with van der Waals surface area (Å²) in [4.78, 5) is 0. The Kier molecular flexibility index (Phi) is 5.34. The third-order valence-corrected chi connectivity index (χ3v) is 5.14. The van der Waals surface area contributed by atoms with Crippen LogP contribution >= 0.6 is 57.4 Å². The van der Waals surface area contributed by atoms with E-state index in [4.69, 9.17) is 40.6 Å². The molecule has 0 radical (unpaired) electrons. The smallest absolute Gasteiger partial charge is 0.0725 e. The van der Waals surface area contributed by atoms with Crippen LogP contribution in [0, 0.1) is 3.57 Å². The molecule has 2 rings (SSSR count). The zero-order valence-electron chi connectivity index (χ0n) is 9.63. The van der Waals surface area contributed by atoms with E-state index in [1.165, 1.54) is 0 Å². The Morgan fingerprint density at radius 1 is 1.05 bits per heavy atom. The van der Waals surface area contributed by atoms with Crippen LogP contribution in [0.4, 0.5) is 0 Å². The van der Waals surface area contributed by atoms with E-state index < -0.39 is 0 Å². The van der Waals surface area contributed by atoms with Crippen molar-refractivity contribution in [2.45, 2.75) is 6.04 Å². The first-order chi connectivity index (χ1) is 9.04. The van der Waals surface area contributed by atoms with Crippen molar-refractivity contribution in [2.24, 2.45) is 5.84 Å². The third kappa shape index (κ3) is 3.35. The first kappa shape index (κ1) is 15.4. The van der Waals surface area contributed by atoms with Crippen LogP contribution in [0.1, 0.15) is 17.2 Å². The molecule has 0 fully saturated rings. The fourth-order valence-corrected chi connectivity index (χ4v) is 2.74. The van der Waals surface area contributed by atoms with Gasteiger partial charge in [0.25, 0.3) is 0 Å². The molecule has 0 spiro atoms. The minimum atomic E-state index is -0.263. The largest absolute Gasteiger partial charge is 0.271 e. The number of halogens is 4. The highest BCUT2D eigenvalue weighted by Gasteiger charge is 2.17. The topological polar surface area (TPSA) is 38.0 Å². The van der Waals surface area contributed by atoms with Gasteiger partial charge in [0.15, 0.2) is 0 Å². The second-order valence-electron chi connectivity index (χ2n) is 3.92. The summed E-state index contributed by atoms with van der Waals surface area (Å²) in [6.07, 6.45) is 0. The Labute approximate surface area is 140 Å². The molecule has 2 aromatic carbocycles. The summed E-state index contributed by atoms with van der Waals surface area (Å²) in [5, 5.41) is 1.66. The van der Waals surface area contributed by atoms with Crippen LogP contribution in [0.2, 0.25) is 15.1 Å². The second kappa shape index (κ2) is 6.61. The van der Waals surface area contributed by atoms with Crippen LogP contribution in [0.3, 0.4) is 0 Å². The van der Waals surface area contributed by atoms with Crippen LogP contribution in [0.5, 0.6) is 0 Å². The van der Waals surface area contributed by atoms with E-state index in [-0.39, 0.29) is 6.04 Å². The molecule has 100 valence electrons. The van der Waals surface area contributed by atoms with Gasteiger partial charge in [0.05, 0.1) is 21.1 Å². The molecule has 19 heavy (non-hydrogen) atoms. The Morgan fingerprint density at radius 3 is 2.42 bits per heavy atom. The second-order valence-corrected chi connectivity index (χ2v) is 6.27. The molecule has 0 aliphatic heterocycles. The maximum absolute atomic E-state index is 6.23. The summed E-state index contributed by atoms with van der Waals surface area (Å²) in [6, 6.07) is 10.9. The lowest BCUT2D eigenvalue weighted by Gasteiger charge is -2.19. The van der Waals surface area contributed by atoms with E-state index in [0.717, 1.165) is 14.7 Å². The number of hydrazine groups is 1. The van der Waals surface area contributed by atoms with E-state index in [1.54, 1.807) is 6.07 Å². The molecule has 3 N–H and O–H groups in total. The molecule has 0 amide bonds. The summed E-state index contributed by atoms with van der Waals surface area (Å²) in [7, 11) is 0. The molecule has 2 aromatic rings. The van der Waals surface area contributed by atoms with Gasteiger partial charge in [-0.15, -0.1) is 0 Å². The van der Waals surface area contributed by atoms with Gasteiger partial charge in [0.2, 0.25) is 0 Å². The monoisotopic (exact) mass is 426 g/mol. The molecular formula is C13H10Cl3IN2. The minimum Gasteiger partial charge on any atom is -0.271 e. The third-order valence-electron chi connectivity index (χ3n) is 2.74. The lowest BCUT2D eigenvalue weighted by atomic mass is 9.99. The van der Waals surface area contributed by atoms with Crippen LogP contribution in [0.15, 0.2) is 36.4 Å².